The minimum Gasteiger partial charge on any atom is -0.479 e. The lowest BCUT2D eigenvalue weighted by atomic mass is 10.2. The van der Waals surface area contributed by atoms with Crippen molar-refractivity contribution in [2.24, 2.45) is 0 Å². The topological polar surface area (TPSA) is 46.6 Å². The fourth-order valence-corrected chi connectivity index (χ4v) is 2.80. The van der Waals surface area contributed by atoms with E-state index in [1.54, 1.807) is 24.3 Å². The molecule has 0 unspecified atom stereocenters. The lowest BCUT2D eigenvalue weighted by molar-refractivity contribution is -0.122. The van der Waals surface area contributed by atoms with Crippen LogP contribution >= 0.6 is 23.4 Å². The van der Waals surface area contributed by atoms with Gasteiger partial charge in [0.25, 0.3) is 11.1 Å². The lowest BCUT2D eigenvalue weighted by Gasteiger charge is -2.07. The first kappa shape index (κ1) is 16.0. The van der Waals surface area contributed by atoms with Crippen molar-refractivity contribution < 1.29 is 14.3 Å². The Morgan fingerprint density at radius 1 is 1.32 bits per heavy atom. The molecule has 110 valence electrons. The van der Waals surface area contributed by atoms with Gasteiger partial charge in [-0.15, -0.1) is 12.8 Å². The van der Waals surface area contributed by atoms with Crippen LogP contribution in [-0.4, -0.2) is 29.2 Å². The molecule has 1 aromatic rings. The molecule has 0 N–H and O–H groups in total. The first-order valence-electron chi connectivity index (χ1n) is 6.11. The van der Waals surface area contributed by atoms with E-state index < -0.39 is 5.91 Å². The smallest absolute Gasteiger partial charge is 0.294 e. The summed E-state index contributed by atoms with van der Waals surface area (Å²) < 4.78 is 5.25. The van der Waals surface area contributed by atoms with Crippen LogP contribution in [0, 0.1) is 24.7 Å². The third kappa shape index (κ3) is 3.46. The van der Waals surface area contributed by atoms with Crippen LogP contribution in [0.1, 0.15) is 5.56 Å². The van der Waals surface area contributed by atoms with Gasteiger partial charge < -0.3 is 4.74 Å². The summed E-state index contributed by atoms with van der Waals surface area (Å²) in [5.74, 6) is 4.68. The van der Waals surface area contributed by atoms with Gasteiger partial charge in [-0.05, 0) is 35.5 Å². The van der Waals surface area contributed by atoms with Crippen LogP contribution in [0.5, 0.6) is 5.75 Å². The van der Waals surface area contributed by atoms with E-state index in [1.165, 1.54) is 0 Å². The van der Waals surface area contributed by atoms with E-state index >= 15 is 0 Å². The molecule has 0 aromatic heterocycles. The first-order valence-corrected chi connectivity index (χ1v) is 7.31. The summed E-state index contributed by atoms with van der Waals surface area (Å²) in [4.78, 5) is 25.0. The third-order valence-corrected chi connectivity index (χ3v) is 3.89. The van der Waals surface area contributed by atoms with Crippen LogP contribution in [0.2, 0.25) is 5.02 Å². The van der Waals surface area contributed by atoms with Crippen LogP contribution in [-0.2, 0) is 4.79 Å². The molecule has 0 atom stereocenters. The number of hydrogen-bond acceptors (Lipinski definition) is 4. The van der Waals surface area contributed by atoms with Crippen LogP contribution in [0.4, 0.5) is 4.79 Å². The zero-order valence-electron chi connectivity index (χ0n) is 11.3. The van der Waals surface area contributed by atoms with Gasteiger partial charge in [-0.3, -0.25) is 14.5 Å². The Hall–Kier alpha value is -2.34. The zero-order valence-corrected chi connectivity index (χ0v) is 12.9. The van der Waals surface area contributed by atoms with Crippen LogP contribution in [0.15, 0.2) is 23.1 Å². The largest absolute Gasteiger partial charge is 0.479 e. The van der Waals surface area contributed by atoms with Gasteiger partial charge in [0, 0.05) is 0 Å². The van der Waals surface area contributed by atoms with Crippen molar-refractivity contribution in [1.29, 1.82) is 0 Å². The molecule has 1 aliphatic heterocycles. The number of terminal acetylenes is 2. The van der Waals surface area contributed by atoms with Gasteiger partial charge in [0.2, 0.25) is 0 Å². The van der Waals surface area contributed by atoms with Crippen LogP contribution in [0.25, 0.3) is 6.08 Å². The van der Waals surface area contributed by atoms with Crippen molar-refractivity contribution in [2.45, 2.75) is 0 Å². The van der Waals surface area contributed by atoms with Crippen molar-refractivity contribution in [3.8, 4) is 30.4 Å². The van der Waals surface area contributed by atoms with Gasteiger partial charge in [-0.25, -0.2) is 0 Å². The van der Waals surface area contributed by atoms with E-state index in [0.29, 0.717) is 21.2 Å². The number of imide groups is 1. The molecule has 1 heterocycles. The maximum absolute atomic E-state index is 12.0. The number of benzene rings is 1. The molecule has 1 aliphatic rings. The molecular formula is C16H10ClNO3S. The normalized spacial score (nSPS) is 15.8. The molecule has 1 saturated heterocycles. The van der Waals surface area contributed by atoms with Gasteiger partial charge in [-0.1, -0.05) is 29.5 Å². The highest BCUT2D eigenvalue weighted by Gasteiger charge is 2.34. The van der Waals surface area contributed by atoms with Crippen molar-refractivity contribution in [3.05, 3.63) is 33.7 Å². The summed E-state index contributed by atoms with van der Waals surface area (Å²) in [5, 5.41) is -0.0128. The van der Waals surface area contributed by atoms with Crippen LogP contribution < -0.4 is 4.74 Å². The molecule has 4 nitrogen and oxygen atoms in total. The predicted molar refractivity (Wildman–Crippen MR) is 87.3 cm³/mol. The molecule has 0 radical (unpaired) electrons. The van der Waals surface area contributed by atoms with E-state index in [0.717, 1.165) is 16.7 Å². The van der Waals surface area contributed by atoms with E-state index in [-0.39, 0.29) is 18.4 Å². The molecule has 0 spiro atoms. The van der Waals surface area contributed by atoms with Gasteiger partial charge in [-0.2, -0.15) is 0 Å². The number of thioether (sulfide) groups is 1. The second kappa shape index (κ2) is 7.09. The lowest BCUT2D eigenvalue weighted by Crippen LogP contribution is -2.28. The fourth-order valence-electron chi connectivity index (χ4n) is 1.72. The highest BCUT2D eigenvalue weighted by atomic mass is 35.5. The Bertz CT molecular complexity index is 743. The summed E-state index contributed by atoms with van der Waals surface area (Å²) in [6.07, 6.45) is 11.8. The van der Waals surface area contributed by atoms with Gasteiger partial charge in [0.15, 0.2) is 0 Å². The molecule has 0 bridgehead atoms. The summed E-state index contributed by atoms with van der Waals surface area (Å²) in [6.45, 7) is 0.0751. The van der Waals surface area contributed by atoms with Crippen molar-refractivity contribution >= 4 is 40.6 Å². The first-order chi connectivity index (χ1) is 10.6. The fraction of sp³-hybridized carbons (Fsp3) is 0.125. The second-order valence-electron chi connectivity index (χ2n) is 4.15. The number of amides is 2. The quantitative estimate of drug-likeness (QED) is 0.628. The molecule has 0 aliphatic carbocycles. The molecule has 1 fully saturated rings. The van der Waals surface area contributed by atoms with Crippen molar-refractivity contribution in [3.63, 3.8) is 0 Å². The second-order valence-corrected chi connectivity index (χ2v) is 5.56. The molecule has 2 amide bonds. The molecule has 2 rings (SSSR count). The summed E-state index contributed by atoms with van der Waals surface area (Å²) in [5.41, 5.74) is 0.671. The molecular weight excluding hydrogens is 322 g/mol. The average molecular weight is 332 g/mol. The number of carbonyl (C=O) groups excluding carboxylic acids is 2. The van der Waals surface area contributed by atoms with E-state index in [4.69, 9.17) is 29.2 Å². The Morgan fingerprint density at radius 2 is 2.09 bits per heavy atom. The number of carbonyl (C=O) groups is 2. The van der Waals surface area contributed by atoms with E-state index in [2.05, 4.69) is 11.8 Å². The SMILES string of the molecule is C#CCOc1ccc(C=C2SC(=O)N(CC#C)C2=O)cc1Cl. The molecule has 1 aromatic carbocycles. The minimum atomic E-state index is -0.406. The maximum atomic E-state index is 12.0. The van der Waals surface area contributed by atoms with Crippen molar-refractivity contribution in [2.75, 3.05) is 13.2 Å². The summed E-state index contributed by atoms with van der Waals surface area (Å²) in [6, 6.07) is 4.99. The molecule has 0 saturated carbocycles. The standard InChI is InChI=1S/C16H10ClNO3S/c1-3-7-18-15(19)14(22-16(18)20)10-11-5-6-13(12(17)9-11)21-8-4-2/h1-2,5-6,9-10H,7-8H2. The monoisotopic (exact) mass is 331 g/mol. The predicted octanol–water partition coefficient (Wildman–Crippen LogP) is 3.02. The Labute approximate surface area is 137 Å². The summed E-state index contributed by atoms with van der Waals surface area (Å²) in [7, 11) is 0. The van der Waals surface area contributed by atoms with Gasteiger partial charge >= 0.3 is 0 Å². The number of nitrogens with zero attached hydrogens (tertiary/aromatic N) is 1. The maximum Gasteiger partial charge on any atom is 0.294 e. The summed E-state index contributed by atoms with van der Waals surface area (Å²) >= 11 is 6.92. The number of rotatable bonds is 4. The average Bonchev–Trinajstić information content (AvgIpc) is 2.74. The van der Waals surface area contributed by atoms with E-state index in [1.807, 2.05) is 0 Å². The number of ether oxygens (including phenoxy) is 1. The number of halogens is 1. The van der Waals surface area contributed by atoms with Crippen LogP contribution in [0.3, 0.4) is 0 Å². The zero-order chi connectivity index (χ0) is 16.1. The van der Waals surface area contributed by atoms with Gasteiger partial charge in [0.1, 0.15) is 12.4 Å². The Morgan fingerprint density at radius 3 is 2.73 bits per heavy atom. The Kier molecular flexibility index (Phi) is 5.16. The number of hydrogen-bond donors (Lipinski definition) is 0. The van der Waals surface area contributed by atoms with Gasteiger partial charge in [0.05, 0.1) is 16.5 Å². The van der Waals surface area contributed by atoms with E-state index in [9.17, 15) is 9.59 Å². The molecule has 6 heteroatoms. The minimum absolute atomic E-state index is 0.0401. The highest BCUT2D eigenvalue weighted by Crippen LogP contribution is 2.33. The third-order valence-electron chi connectivity index (χ3n) is 2.69. The van der Waals surface area contributed by atoms with Crippen molar-refractivity contribution in [1.82, 2.24) is 4.90 Å². The Balaban J connectivity index is 2.22. The highest BCUT2D eigenvalue weighted by molar-refractivity contribution is 8.18. The molecule has 22 heavy (non-hydrogen) atoms.